The lowest BCUT2D eigenvalue weighted by atomic mass is 10.3. The van der Waals surface area contributed by atoms with E-state index in [2.05, 4.69) is 4.98 Å². The fraction of sp³-hybridized carbons (Fsp3) is 0.250. The molecule has 1 amide bonds. The number of nitrogens with one attached hydrogen (secondary N) is 1. The van der Waals surface area contributed by atoms with E-state index in [1.807, 2.05) is 13.8 Å². The minimum Gasteiger partial charge on any atom is -0.366 e. The Labute approximate surface area is 76.6 Å². The highest BCUT2D eigenvalue weighted by Crippen LogP contribution is 1.96. The molecule has 0 atom stereocenters. The second kappa shape index (κ2) is 5.49. The van der Waals surface area contributed by atoms with E-state index in [9.17, 15) is 4.79 Å². The first kappa shape index (κ1) is 10.8. The van der Waals surface area contributed by atoms with Crippen LogP contribution in [0.1, 0.15) is 24.2 Å². The van der Waals surface area contributed by atoms with Gasteiger partial charge in [0.2, 0.25) is 0 Å². The lowest BCUT2D eigenvalue weighted by Gasteiger charge is -1.91. The van der Waals surface area contributed by atoms with E-state index >= 15 is 0 Å². The molecule has 1 aromatic rings. The Kier molecular flexibility index (Phi) is 4.96. The highest BCUT2D eigenvalue weighted by Gasteiger charge is 1.99. The van der Waals surface area contributed by atoms with Gasteiger partial charge in [0.1, 0.15) is 4.64 Å². The summed E-state index contributed by atoms with van der Waals surface area (Å²) in [7, 11) is 0. The molecule has 0 bridgehead atoms. The smallest absolute Gasteiger partial charge is 0.251 e. The molecule has 0 saturated heterocycles. The monoisotopic (exact) mass is 184 g/mol. The summed E-state index contributed by atoms with van der Waals surface area (Å²) >= 11 is 4.77. The van der Waals surface area contributed by atoms with Crippen molar-refractivity contribution in [1.82, 2.24) is 4.98 Å². The second-order valence-electron chi connectivity index (χ2n) is 1.78. The lowest BCUT2D eigenvalue weighted by Crippen LogP contribution is -2.11. The molecule has 4 heteroatoms. The van der Waals surface area contributed by atoms with Crippen LogP contribution in [0.2, 0.25) is 0 Å². The number of pyridine rings is 1. The molecular weight excluding hydrogens is 172 g/mol. The summed E-state index contributed by atoms with van der Waals surface area (Å²) in [5.74, 6) is -0.498. The fourth-order valence-corrected chi connectivity index (χ4v) is 0.852. The number of amides is 1. The molecule has 0 aliphatic carbocycles. The third-order valence-electron chi connectivity index (χ3n) is 1.08. The zero-order valence-corrected chi connectivity index (χ0v) is 7.94. The van der Waals surface area contributed by atoms with E-state index in [0.717, 1.165) is 0 Å². The topological polar surface area (TPSA) is 58.9 Å². The SMILES string of the molecule is CC.NC(=O)c1ccc[nH]c1=S. The van der Waals surface area contributed by atoms with Gasteiger partial charge in [-0.25, -0.2) is 0 Å². The van der Waals surface area contributed by atoms with Crippen molar-refractivity contribution in [2.45, 2.75) is 13.8 Å². The third-order valence-corrected chi connectivity index (χ3v) is 1.42. The Balaban J connectivity index is 0.000000561. The van der Waals surface area contributed by atoms with Crippen molar-refractivity contribution in [3.8, 4) is 0 Å². The van der Waals surface area contributed by atoms with E-state index < -0.39 is 5.91 Å². The molecule has 0 radical (unpaired) electrons. The van der Waals surface area contributed by atoms with Crippen LogP contribution in [0.15, 0.2) is 18.3 Å². The first-order valence-corrected chi connectivity index (χ1v) is 4.10. The van der Waals surface area contributed by atoms with Gasteiger partial charge < -0.3 is 10.7 Å². The van der Waals surface area contributed by atoms with Crippen LogP contribution in [0.3, 0.4) is 0 Å². The van der Waals surface area contributed by atoms with Gasteiger partial charge in [-0.05, 0) is 12.1 Å². The van der Waals surface area contributed by atoms with E-state index in [4.69, 9.17) is 18.0 Å². The molecule has 0 aliphatic heterocycles. The third kappa shape index (κ3) is 2.84. The molecule has 0 aliphatic rings. The lowest BCUT2D eigenvalue weighted by molar-refractivity contribution is 0.0999. The van der Waals surface area contributed by atoms with Gasteiger partial charge in [-0.15, -0.1) is 0 Å². The van der Waals surface area contributed by atoms with Gasteiger partial charge in [0.25, 0.3) is 5.91 Å². The van der Waals surface area contributed by atoms with Gasteiger partial charge in [0.15, 0.2) is 0 Å². The number of primary amides is 1. The van der Waals surface area contributed by atoms with Crippen molar-refractivity contribution in [1.29, 1.82) is 0 Å². The first-order chi connectivity index (χ1) is 5.72. The maximum absolute atomic E-state index is 10.6. The number of H-pyrrole nitrogens is 1. The van der Waals surface area contributed by atoms with Crippen molar-refractivity contribution in [3.05, 3.63) is 28.5 Å². The predicted molar refractivity (Wildman–Crippen MR) is 51.5 cm³/mol. The van der Waals surface area contributed by atoms with Crippen LogP contribution in [-0.2, 0) is 0 Å². The zero-order chi connectivity index (χ0) is 9.56. The molecule has 0 saturated carbocycles. The summed E-state index contributed by atoms with van der Waals surface area (Å²) in [6.45, 7) is 4.00. The molecular formula is C8H12N2OS. The number of nitrogens with two attached hydrogens (primary N) is 1. The van der Waals surface area contributed by atoms with Crippen molar-refractivity contribution in [2.24, 2.45) is 5.73 Å². The summed E-state index contributed by atoms with van der Waals surface area (Å²) in [5.41, 5.74) is 5.35. The Morgan fingerprint density at radius 1 is 1.58 bits per heavy atom. The van der Waals surface area contributed by atoms with Crippen LogP contribution in [0, 0.1) is 4.64 Å². The number of aromatic amines is 1. The quantitative estimate of drug-likeness (QED) is 0.654. The summed E-state index contributed by atoms with van der Waals surface area (Å²) in [6, 6.07) is 3.26. The van der Waals surface area contributed by atoms with Gasteiger partial charge in [-0.2, -0.15) is 0 Å². The van der Waals surface area contributed by atoms with Crippen molar-refractivity contribution in [3.63, 3.8) is 0 Å². The van der Waals surface area contributed by atoms with E-state index in [-0.39, 0.29) is 0 Å². The summed E-state index contributed by atoms with van der Waals surface area (Å²) in [6.07, 6.45) is 1.65. The standard InChI is InChI=1S/C6H6N2OS.C2H6/c7-5(9)4-2-1-3-8-6(4)10;1-2/h1-3H,(H2,7,9)(H,8,10);1-2H3. The van der Waals surface area contributed by atoms with Crippen LogP contribution in [-0.4, -0.2) is 10.9 Å². The van der Waals surface area contributed by atoms with Crippen LogP contribution in [0.5, 0.6) is 0 Å². The fourth-order valence-electron chi connectivity index (χ4n) is 0.616. The molecule has 0 fully saturated rings. The number of aromatic nitrogens is 1. The van der Waals surface area contributed by atoms with Gasteiger partial charge >= 0.3 is 0 Å². The van der Waals surface area contributed by atoms with E-state index in [1.54, 1.807) is 18.3 Å². The van der Waals surface area contributed by atoms with Crippen molar-refractivity contribution < 1.29 is 4.79 Å². The molecule has 3 nitrogen and oxygen atoms in total. The normalized spacial score (nSPS) is 8.17. The average Bonchev–Trinajstić information content (AvgIpc) is 2.08. The highest BCUT2D eigenvalue weighted by molar-refractivity contribution is 7.71. The molecule has 0 unspecified atom stereocenters. The molecule has 66 valence electrons. The predicted octanol–water partition coefficient (Wildman–Crippen LogP) is 1.87. The maximum Gasteiger partial charge on any atom is 0.251 e. The van der Waals surface area contributed by atoms with Gasteiger partial charge in [0, 0.05) is 6.20 Å². The zero-order valence-electron chi connectivity index (χ0n) is 7.13. The summed E-state index contributed by atoms with van der Waals surface area (Å²) in [4.78, 5) is 13.3. The Bertz CT molecular complexity index is 306. The first-order valence-electron chi connectivity index (χ1n) is 3.69. The molecule has 0 aromatic carbocycles. The number of carbonyl (C=O) groups excluding carboxylic acids is 1. The largest absolute Gasteiger partial charge is 0.366 e. The van der Waals surface area contributed by atoms with Gasteiger partial charge in [0.05, 0.1) is 5.56 Å². The molecule has 1 heterocycles. The summed E-state index contributed by atoms with van der Waals surface area (Å²) in [5, 5.41) is 0. The molecule has 3 N–H and O–H groups in total. The highest BCUT2D eigenvalue weighted by atomic mass is 32.1. The number of hydrogen-bond acceptors (Lipinski definition) is 2. The van der Waals surface area contributed by atoms with E-state index in [0.29, 0.717) is 10.2 Å². The van der Waals surface area contributed by atoms with Crippen LogP contribution >= 0.6 is 12.2 Å². The van der Waals surface area contributed by atoms with Crippen LogP contribution in [0.25, 0.3) is 0 Å². The van der Waals surface area contributed by atoms with Crippen LogP contribution < -0.4 is 5.73 Å². The minimum absolute atomic E-state index is 0.359. The second-order valence-corrected chi connectivity index (χ2v) is 2.19. The Hall–Kier alpha value is -1.16. The number of carbonyl (C=O) groups is 1. The minimum atomic E-state index is -0.498. The maximum atomic E-state index is 10.6. The van der Waals surface area contributed by atoms with Gasteiger partial charge in [-0.3, -0.25) is 4.79 Å². The van der Waals surface area contributed by atoms with Crippen LogP contribution in [0.4, 0.5) is 0 Å². The molecule has 0 spiro atoms. The number of hydrogen-bond donors (Lipinski definition) is 2. The van der Waals surface area contributed by atoms with Crippen molar-refractivity contribution >= 4 is 18.1 Å². The van der Waals surface area contributed by atoms with E-state index in [1.165, 1.54) is 0 Å². The Morgan fingerprint density at radius 2 is 2.17 bits per heavy atom. The van der Waals surface area contributed by atoms with Gasteiger partial charge in [-0.1, -0.05) is 26.1 Å². The molecule has 1 aromatic heterocycles. The van der Waals surface area contributed by atoms with Crippen molar-refractivity contribution in [2.75, 3.05) is 0 Å². The summed E-state index contributed by atoms with van der Waals surface area (Å²) < 4.78 is 0.384. The Morgan fingerprint density at radius 3 is 2.50 bits per heavy atom. The molecule has 1 rings (SSSR count). The molecule has 12 heavy (non-hydrogen) atoms. The average molecular weight is 184 g/mol. The number of rotatable bonds is 1.